The number of anilines is 2. The lowest BCUT2D eigenvalue weighted by atomic mass is 10.1. The summed E-state index contributed by atoms with van der Waals surface area (Å²) in [6.45, 7) is 0.705. The average molecular weight is 279 g/mol. The maximum absolute atomic E-state index is 12.2. The van der Waals surface area contributed by atoms with E-state index in [1.165, 1.54) is 25.7 Å². The second-order valence-corrected chi connectivity index (χ2v) is 6.40. The lowest BCUT2D eigenvalue weighted by molar-refractivity contribution is 0.0950. The van der Waals surface area contributed by atoms with Crippen molar-refractivity contribution >= 4 is 29.0 Å². The van der Waals surface area contributed by atoms with E-state index in [9.17, 15) is 4.79 Å². The number of benzene rings is 1. The maximum Gasteiger partial charge on any atom is 0.253 e. The van der Waals surface area contributed by atoms with Gasteiger partial charge in [-0.05, 0) is 37.3 Å². The highest BCUT2D eigenvalue weighted by atomic mass is 32.2. The first-order chi connectivity index (χ1) is 9.06. The molecule has 1 amide bonds. The van der Waals surface area contributed by atoms with Crippen molar-refractivity contribution in [3.8, 4) is 0 Å². The fraction of sp³-hybridized carbons (Fsp3) is 0.500. The average Bonchev–Trinajstić information content (AvgIpc) is 2.85. The van der Waals surface area contributed by atoms with Gasteiger partial charge in [0, 0.05) is 22.7 Å². The number of amides is 1. The number of thioether (sulfide) groups is 1. The Labute approximate surface area is 118 Å². The summed E-state index contributed by atoms with van der Waals surface area (Å²) in [6.07, 6.45) is 6.97. The van der Waals surface area contributed by atoms with Gasteiger partial charge >= 0.3 is 0 Å². The molecule has 19 heavy (non-hydrogen) atoms. The van der Waals surface area contributed by atoms with Gasteiger partial charge < -0.3 is 16.8 Å². The van der Waals surface area contributed by atoms with Crippen LogP contribution in [0, 0.1) is 0 Å². The van der Waals surface area contributed by atoms with Crippen molar-refractivity contribution in [3.05, 3.63) is 23.8 Å². The zero-order chi connectivity index (χ0) is 13.9. The van der Waals surface area contributed by atoms with Crippen LogP contribution in [0.15, 0.2) is 18.2 Å². The predicted octanol–water partition coefficient (Wildman–Crippen LogP) is 2.26. The topological polar surface area (TPSA) is 81.1 Å². The SMILES string of the molecule is CSC1(CNC(=O)c2ccc(N)cc2N)CCCC1. The Kier molecular flexibility index (Phi) is 4.24. The van der Waals surface area contributed by atoms with Crippen LogP contribution in [0.3, 0.4) is 0 Å². The van der Waals surface area contributed by atoms with Crippen molar-refractivity contribution in [1.82, 2.24) is 5.32 Å². The highest BCUT2D eigenvalue weighted by Gasteiger charge is 2.33. The molecule has 5 N–H and O–H groups in total. The smallest absolute Gasteiger partial charge is 0.253 e. The third kappa shape index (κ3) is 3.15. The molecule has 0 spiro atoms. The molecule has 1 aromatic rings. The molecule has 1 fully saturated rings. The van der Waals surface area contributed by atoms with Crippen molar-refractivity contribution in [2.24, 2.45) is 0 Å². The van der Waals surface area contributed by atoms with Gasteiger partial charge in [0.1, 0.15) is 0 Å². The van der Waals surface area contributed by atoms with Crippen LogP contribution >= 0.6 is 11.8 Å². The zero-order valence-electron chi connectivity index (χ0n) is 11.2. The van der Waals surface area contributed by atoms with E-state index in [-0.39, 0.29) is 10.7 Å². The molecule has 0 atom stereocenters. The Hall–Kier alpha value is -1.36. The van der Waals surface area contributed by atoms with Crippen molar-refractivity contribution in [2.75, 3.05) is 24.3 Å². The zero-order valence-corrected chi connectivity index (χ0v) is 12.1. The molecule has 1 aliphatic carbocycles. The fourth-order valence-corrected chi connectivity index (χ4v) is 3.51. The van der Waals surface area contributed by atoms with E-state index in [4.69, 9.17) is 11.5 Å². The van der Waals surface area contributed by atoms with Crippen LogP contribution in [0.1, 0.15) is 36.0 Å². The molecule has 0 aromatic heterocycles. The number of hydrogen-bond donors (Lipinski definition) is 3. The van der Waals surface area contributed by atoms with Gasteiger partial charge in [-0.1, -0.05) is 12.8 Å². The lowest BCUT2D eigenvalue weighted by Crippen LogP contribution is -2.38. The Morgan fingerprint density at radius 3 is 2.63 bits per heavy atom. The first-order valence-corrected chi connectivity index (χ1v) is 7.77. The van der Waals surface area contributed by atoms with Gasteiger partial charge in [0.15, 0.2) is 0 Å². The summed E-state index contributed by atoms with van der Waals surface area (Å²) in [5, 5.41) is 3.01. The molecule has 0 heterocycles. The molecule has 1 aromatic carbocycles. The first kappa shape index (κ1) is 14.1. The monoisotopic (exact) mass is 279 g/mol. The van der Waals surface area contributed by atoms with Crippen LogP contribution in [0.2, 0.25) is 0 Å². The van der Waals surface area contributed by atoms with Crippen LogP contribution in [-0.4, -0.2) is 23.5 Å². The Morgan fingerprint density at radius 1 is 1.37 bits per heavy atom. The van der Waals surface area contributed by atoms with Gasteiger partial charge in [0.05, 0.1) is 5.56 Å². The predicted molar refractivity (Wildman–Crippen MR) is 82.3 cm³/mol. The number of nitrogens with one attached hydrogen (secondary N) is 1. The molecule has 0 radical (unpaired) electrons. The van der Waals surface area contributed by atoms with Gasteiger partial charge in [0.2, 0.25) is 0 Å². The molecule has 2 rings (SSSR count). The third-order valence-corrected chi connectivity index (χ3v) is 5.26. The van der Waals surface area contributed by atoms with E-state index in [2.05, 4.69) is 11.6 Å². The van der Waals surface area contributed by atoms with Gasteiger partial charge in [-0.25, -0.2) is 0 Å². The number of carbonyl (C=O) groups excluding carboxylic acids is 1. The largest absolute Gasteiger partial charge is 0.399 e. The minimum atomic E-state index is -0.113. The van der Waals surface area contributed by atoms with Crippen molar-refractivity contribution in [3.63, 3.8) is 0 Å². The number of hydrogen-bond acceptors (Lipinski definition) is 4. The molecular formula is C14H21N3OS. The van der Waals surface area contributed by atoms with E-state index in [1.807, 2.05) is 11.8 Å². The molecular weight excluding hydrogens is 258 g/mol. The second kappa shape index (κ2) is 5.74. The number of carbonyl (C=O) groups is 1. The first-order valence-electron chi connectivity index (χ1n) is 6.55. The summed E-state index contributed by atoms with van der Waals surface area (Å²) in [6, 6.07) is 5.00. The summed E-state index contributed by atoms with van der Waals surface area (Å²) >= 11 is 1.86. The summed E-state index contributed by atoms with van der Waals surface area (Å²) in [5.41, 5.74) is 13.0. The molecule has 0 saturated heterocycles. The molecule has 1 aliphatic rings. The fourth-order valence-electron chi connectivity index (χ4n) is 2.60. The van der Waals surface area contributed by atoms with Gasteiger partial charge in [-0.15, -0.1) is 0 Å². The normalized spacial score (nSPS) is 17.3. The summed E-state index contributed by atoms with van der Waals surface area (Å²) in [5.74, 6) is -0.113. The highest BCUT2D eigenvalue weighted by Crippen LogP contribution is 2.39. The summed E-state index contributed by atoms with van der Waals surface area (Å²) < 4.78 is 0.207. The summed E-state index contributed by atoms with van der Waals surface area (Å²) in [4.78, 5) is 12.2. The van der Waals surface area contributed by atoms with E-state index < -0.39 is 0 Å². The van der Waals surface area contributed by atoms with Crippen molar-refractivity contribution < 1.29 is 4.79 Å². The molecule has 104 valence electrons. The van der Waals surface area contributed by atoms with E-state index >= 15 is 0 Å². The number of nitrogens with two attached hydrogens (primary N) is 2. The highest BCUT2D eigenvalue weighted by molar-refractivity contribution is 8.00. The van der Waals surface area contributed by atoms with Crippen LogP contribution < -0.4 is 16.8 Å². The number of rotatable bonds is 4. The van der Waals surface area contributed by atoms with Crippen molar-refractivity contribution in [1.29, 1.82) is 0 Å². The Bertz CT molecular complexity index is 470. The van der Waals surface area contributed by atoms with E-state index in [0.29, 0.717) is 23.5 Å². The minimum absolute atomic E-state index is 0.113. The van der Waals surface area contributed by atoms with Crippen molar-refractivity contribution in [2.45, 2.75) is 30.4 Å². The van der Waals surface area contributed by atoms with Gasteiger partial charge in [0.25, 0.3) is 5.91 Å². The van der Waals surface area contributed by atoms with Gasteiger partial charge in [-0.2, -0.15) is 11.8 Å². The minimum Gasteiger partial charge on any atom is -0.399 e. The van der Waals surface area contributed by atoms with Crippen LogP contribution in [0.4, 0.5) is 11.4 Å². The van der Waals surface area contributed by atoms with Crippen LogP contribution in [-0.2, 0) is 0 Å². The maximum atomic E-state index is 12.2. The lowest BCUT2D eigenvalue weighted by Gasteiger charge is -2.27. The van der Waals surface area contributed by atoms with E-state index in [1.54, 1.807) is 18.2 Å². The third-order valence-electron chi connectivity index (χ3n) is 3.84. The quantitative estimate of drug-likeness (QED) is 0.738. The second-order valence-electron chi connectivity index (χ2n) is 5.12. The molecule has 0 bridgehead atoms. The van der Waals surface area contributed by atoms with Crippen LogP contribution in [0.25, 0.3) is 0 Å². The standard InChI is InChI=1S/C14H21N3OS/c1-19-14(6-2-3-7-14)9-17-13(18)11-5-4-10(15)8-12(11)16/h4-5,8H,2-3,6-7,9,15-16H2,1H3,(H,17,18). The van der Waals surface area contributed by atoms with E-state index in [0.717, 1.165) is 0 Å². The van der Waals surface area contributed by atoms with Crippen LogP contribution in [0.5, 0.6) is 0 Å². The molecule has 1 saturated carbocycles. The molecule has 4 nitrogen and oxygen atoms in total. The Balaban J connectivity index is 2.01. The van der Waals surface area contributed by atoms with Gasteiger partial charge in [-0.3, -0.25) is 4.79 Å². The summed E-state index contributed by atoms with van der Waals surface area (Å²) in [7, 11) is 0. The molecule has 0 aliphatic heterocycles. The molecule has 5 heteroatoms. The number of nitrogen functional groups attached to an aromatic ring is 2. The Morgan fingerprint density at radius 2 is 2.05 bits per heavy atom. The molecule has 0 unspecified atom stereocenters.